The average molecular weight is 306 g/mol. The van der Waals surface area contributed by atoms with Gasteiger partial charge in [-0.2, -0.15) is 0 Å². The molecule has 1 N–H and O–H groups in total. The molecule has 112 valence electrons. The second-order valence-electron chi connectivity index (χ2n) is 5.41. The summed E-state index contributed by atoms with van der Waals surface area (Å²) in [7, 11) is 0. The zero-order chi connectivity index (χ0) is 15.4. The third-order valence-corrected chi connectivity index (χ3v) is 4.04. The number of rotatable bonds is 5. The van der Waals surface area contributed by atoms with Crippen LogP contribution in [-0.2, 0) is 6.42 Å². The minimum atomic E-state index is -0.194. The van der Waals surface area contributed by atoms with Gasteiger partial charge in [0, 0.05) is 11.1 Å². The summed E-state index contributed by atoms with van der Waals surface area (Å²) in [5, 5.41) is 4.21. The van der Waals surface area contributed by atoms with Crippen molar-refractivity contribution >= 4 is 11.6 Å². The molecule has 0 radical (unpaired) electrons. The van der Waals surface area contributed by atoms with E-state index in [1.54, 1.807) is 6.07 Å². The van der Waals surface area contributed by atoms with Crippen molar-refractivity contribution in [1.82, 2.24) is 5.32 Å². The summed E-state index contributed by atoms with van der Waals surface area (Å²) in [6, 6.07) is 11.1. The lowest BCUT2D eigenvalue weighted by molar-refractivity contribution is 0.545. The number of nitrogens with one attached hydrogen (secondary N) is 1. The lowest BCUT2D eigenvalue weighted by Gasteiger charge is -2.21. The van der Waals surface area contributed by atoms with Crippen LogP contribution in [0.1, 0.15) is 35.2 Å². The third kappa shape index (κ3) is 4.05. The number of likely N-dealkylation sites (N-methyl/N-ethyl adjacent to an activating group) is 1. The highest BCUT2D eigenvalue weighted by atomic mass is 35.5. The zero-order valence-corrected chi connectivity index (χ0v) is 13.5. The van der Waals surface area contributed by atoms with Gasteiger partial charge in [-0.05, 0) is 67.3 Å². The van der Waals surface area contributed by atoms with Crippen molar-refractivity contribution < 1.29 is 4.39 Å². The smallest absolute Gasteiger partial charge is 0.123 e. The highest BCUT2D eigenvalue weighted by Gasteiger charge is 2.16. The molecule has 0 saturated heterocycles. The van der Waals surface area contributed by atoms with Crippen LogP contribution in [0, 0.1) is 19.7 Å². The minimum absolute atomic E-state index is 0.0867. The first-order valence-corrected chi connectivity index (χ1v) is 7.63. The van der Waals surface area contributed by atoms with Gasteiger partial charge in [-0.15, -0.1) is 0 Å². The monoisotopic (exact) mass is 305 g/mol. The molecule has 1 nitrogen and oxygen atoms in total. The Morgan fingerprint density at radius 1 is 1.14 bits per heavy atom. The summed E-state index contributed by atoms with van der Waals surface area (Å²) in [5.41, 5.74) is 4.31. The van der Waals surface area contributed by atoms with Gasteiger partial charge < -0.3 is 5.32 Å². The molecule has 3 heteroatoms. The van der Waals surface area contributed by atoms with Gasteiger partial charge >= 0.3 is 0 Å². The van der Waals surface area contributed by atoms with Gasteiger partial charge in [0.15, 0.2) is 0 Å². The predicted octanol–water partition coefficient (Wildman–Crippen LogP) is 4.99. The Hall–Kier alpha value is -1.38. The Morgan fingerprint density at radius 2 is 1.90 bits per heavy atom. The second-order valence-corrected chi connectivity index (χ2v) is 5.82. The molecule has 0 aliphatic heterocycles. The normalized spacial score (nSPS) is 12.4. The molecule has 0 amide bonds. The molecule has 0 spiro atoms. The average Bonchev–Trinajstić information content (AvgIpc) is 2.42. The van der Waals surface area contributed by atoms with Gasteiger partial charge in [0.2, 0.25) is 0 Å². The number of hydrogen-bond acceptors (Lipinski definition) is 1. The first-order valence-electron chi connectivity index (χ1n) is 7.25. The second kappa shape index (κ2) is 7.06. The van der Waals surface area contributed by atoms with Crippen molar-refractivity contribution in [2.75, 3.05) is 6.54 Å². The van der Waals surface area contributed by atoms with E-state index in [9.17, 15) is 4.39 Å². The molecule has 0 bridgehead atoms. The molecule has 0 saturated carbocycles. The van der Waals surface area contributed by atoms with E-state index < -0.39 is 0 Å². The standard InChI is InChI=1S/C18H21ClFN/c1-4-21-18(16-8-5-12(2)9-17(16)19)11-14-10-15(20)7-6-13(14)3/h5-10,18,21H,4,11H2,1-3H3. The predicted molar refractivity (Wildman–Crippen MR) is 87.4 cm³/mol. The molecular formula is C18H21ClFN. The number of aryl methyl sites for hydroxylation is 2. The Balaban J connectivity index is 2.32. The fraction of sp³-hybridized carbons (Fsp3) is 0.333. The van der Waals surface area contributed by atoms with Gasteiger partial charge in [0.25, 0.3) is 0 Å². The highest BCUT2D eigenvalue weighted by molar-refractivity contribution is 6.31. The van der Waals surface area contributed by atoms with Gasteiger partial charge in [-0.3, -0.25) is 0 Å². The van der Waals surface area contributed by atoms with Crippen LogP contribution in [0.25, 0.3) is 0 Å². The van der Waals surface area contributed by atoms with Crippen LogP contribution in [0.2, 0.25) is 5.02 Å². The Labute approximate surface area is 131 Å². The van der Waals surface area contributed by atoms with Crippen molar-refractivity contribution in [3.63, 3.8) is 0 Å². The SMILES string of the molecule is CCNC(Cc1cc(F)ccc1C)c1ccc(C)cc1Cl. The Morgan fingerprint density at radius 3 is 2.57 bits per heavy atom. The third-order valence-electron chi connectivity index (χ3n) is 3.72. The van der Waals surface area contributed by atoms with Crippen LogP contribution in [0.15, 0.2) is 36.4 Å². The maximum absolute atomic E-state index is 13.5. The van der Waals surface area contributed by atoms with E-state index in [0.29, 0.717) is 0 Å². The van der Waals surface area contributed by atoms with E-state index in [2.05, 4.69) is 24.4 Å². The van der Waals surface area contributed by atoms with Gasteiger partial charge in [0.1, 0.15) is 5.82 Å². The molecule has 21 heavy (non-hydrogen) atoms. The van der Waals surface area contributed by atoms with Crippen molar-refractivity contribution in [3.05, 3.63) is 69.5 Å². The number of halogens is 2. The maximum atomic E-state index is 13.5. The minimum Gasteiger partial charge on any atom is -0.310 e. The molecule has 2 aromatic rings. The fourth-order valence-electron chi connectivity index (χ4n) is 2.53. The molecule has 0 aliphatic rings. The molecule has 2 aromatic carbocycles. The first-order chi connectivity index (χ1) is 10.0. The summed E-state index contributed by atoms with van der Waals surface area (Å²) in [6.45, 7) is 6.93. The van der Waals surface area contributed by atoms with Crippen LogP contribution in [0.5, 0.6) is 0 Å². The van der Waals surface area contributed by atoms with E-state index in [1.165, 1.54) is 6.07 Å². The summed E-state index contributed by atoms with van der Waals surface area (Å²) < 4.78 is 13.5. The maximum Gasteiger partial charge on any atom is 0.123 e. The Bertz CT molecular complexity index is 625. The highest BCUT2D eigenvalue weighted by Crippen LogP contribution is 2.28. The van der Waals surface area contributed by atoms with Crippen molar-refractivity contribution in [1.29, 1.82) is 0 Å². The van der Waals surface area contributed by atoms with E-state index in [-0.39, 0.29) is 11.9 Å². The summed E-state index contributed by atoms with van der Waals surface area (Å²) in [4.78, 5) is 0. The molecule has 2 rings (SSSR count). The van der Waals surface area contributed by atoms with Gasteiger partial charge in [-0.1, -0.05) is 36.7 Å². The van der Waals surface area contributed by atoms with Crippen LogP contribution >= 0.6 is 11.6 Å². The summed E-state index contributed by atoms with van der Waals surface area (Å²) in [5.74, 6) is -0.194. The topological polar surface area (TPSA) is 12.0 Å². The first kappa shape index (κ1) is 16.0. The van der Waals surface area contributed by atoms with Crippen molar-refractivity contribution in [3.8, 4) is 0 Å². The molecule has 1 unspecified atom stereocenters. The number of benzene rings is 2. The van der Waals surface area contributed by atoms with Gasteiger partial charge in [0.05, 0.1) is 0 Å². The van der Waals surface area contributed by atoms with E-state index in [1.807, 2.05) is 26.0 Å². The van der Waals surface area contributed by atoms with E-state index >= 15 is 0 Å². The van der Waals surface area contributed by atoms with Crippen molar-refractivity contribution in [2.45, 2.75) is 33.2 Å². The molecule has 0 fully saturated rings. The van der Waals surface area contributed by atoms with Gasteiger partial charge in [-0.25, -0.2) is 4.39 Å². The van der Waals surface area contributed by atoms with E-state index in [0.717, 1.165) is 40.2 Å². The molecular weight excluding hydrogens is 285 g/mol. The molecule has 0 aliphatic carbocycles. The lowest BCUT2D eigenvalue weighted by Crippen LogP contribution is -2.23. The van der Waals surface area contributed by atoms with Crippen LogP contribution in [0.4, 0.5) is 4.39 Å². The zero-order valence-electron chi connectivity index (χ0n) is 12.7. The lowest BCUT2D eigenvalue weighted by atomic mass is 9.95. The van der Waals surface area contributed by atoms with Crippen molar-refractivity contribution in [2.24, 2.45) is 0 Å². The summed E-state index contributed by atoms with van der Waals surface area (Å²) >= 11 is 6.38. The van der Waals surface area contributed by atoms with Crippen LogP contribution in [-0.4, -0.2) is 6.54 Å². The van der Waals surface area contributed by atoms with Crippen LogP contribution in [0.3, 0.4) is 0 Å². The quantitative estimate of drug-likeness (QED) is 0.820. The summed E-state index contributed by atoms with van der Waals surface area (Å²) in [6.07, 6.45) is 0.722. The van der Waals surface area contributed by atoms with E-state index in [4.69, 9.17) is 11.6 Å². The molecule has 0 heterocycles. The molecule has 1 atom stereocenters. The Kier molecular flexibility index (Phi) is 5.38. The van der Waals surface area contributed by atoms with Crippen LogP contribution < -0.4 is 5.32 Å². The largest absolute Gasteiger partial charge is 0.310 e. The molecule has 0 aromatic heterocycles. The fourth-order valence-corrected chi connectivity index (χ4v) is 2.90. The number of hydrogen-bond donors (Lipinski definition) is 1.